The zero-order valence-corrected chi connectivity index (χ0v) is 12.2. The Hall–Kier alpha value is -1.88. The van der Waals surface area contributed by atoms with Crippen molar-refractivity contribution in [3.63, 3.8) is 0 Å². The average molecular weight is 277 g/mol. The van der Waals surface area contributed by atoms with Gasteiger partial charge in [0.2, 0.25) is 5.91 Å². The lowest BCUT2D eigenvalue weighted by molar-refractivity contribution is -0.115. The molecule has 3 N–H and O–H groups in total. The van der Waals surface area contributed by atoms with Crippen molar-refractivity contribution in [2.75, 3.05) is 25.0 Å². The molecule has 1 rings (SSSR count). The van der Waals surface area contributed by atoms with E-state index >= 15 is 0 Å². The summed E-state index contributed by atoms with van der Waals surface area (Å²) >= 11 is 0. The highest BCUT2D eigenvalue weighted by Crippen LogP contribution is 2.10. The maximum absolute atomic E-state index is 11.9. The Balaban J connectivity index is 2.56. The minimum Gasteiger partial charge on any atom is -0.352 e. The maximum atomic E-state index is 11.9. The van der Waals surface area contributed by atoms with Gasteiger partial charge in [-0.15, -0.1) is 0 Å². The number of likely N-dealkylation sites (N-methyl/N-ethyl adjacent to an activating group) is 1. The zero-order valence-electron chi connectivity index (χ0n) is 12.2. The van der Waals surface area contributed by atoms with Gasteiger partial charge < -0.3 is 16.0 Å². The minimum absolute atomic E-state index is 0.110. The number of rotatable bonds is 8. The van der Waals surface area contributed by atoms with Gasteiger partial charge in [-0.05, 0) is 31.2 Å². The zero-order chi connectivity index (χ0) is 14.8. The van der Waals surface area contributed by atoms with Crippen LogP contribution in [0.2, 0.25) is 0 Å². The molecule has 0 aromatic heterocycles. The van der Waals surface area contributed by atoms with Gasteiger partial charge in [0, 0.05) is 17.8 Å². The van der Waals surface area contributed by atoms with Gasteiger partial charge in [0.05, 0.1) is 6.54 Å². The van der Waals surface area contributed by atoms with Crippen molar-refractivity contribution in [1.29, 1.82) is 0 Å². The first-order chi connectivity index (χ1) is 9.67. The van der Waals surface area contributed by atoms with Crippen LogP contribution in [0.5, 0.6) is 0 Å². The number of benzene rings is 1. The molecular formula is C15H23N3O2. The van der Waals surface area contributed by atoms with Crippen LogP contribution in [-0.2, 0) is 4.79 Å². The molecule has 0 saturated carbocycles. The van der Waals surface area contributed by atoms with Gasteiger partial charge >= 0.3 is 0 Å². The Labute approximate surface area is 120 Å². The summed E-state index contributed by atoms with van der Waals surface area (Å²) in [4.78, 5) is 23.5. The fourth-order valence-electron chi connectivity index (χ4n) is 1.66. The standard InChI is InChI=1S/C15H23N3O2/c1-3-5-9-17-15(20)12-7-6-8-13(10-12)18-14(19)11-16-4-2/h6-8,10,16H,3-5,9,11H2,1-2H3,(H,17,20)(H,18,19). The van der Waals surface area contributed by atoms with E-state index in [2.05, 4.69) is 22.9 Å². The number of carbonyl (C=O) groups is 2. The molecule has 0 saturated heterocycles. The van der Waals surface area contributed by atoms with Gasteiger partial charge in [-0.3, -0.25) is 9.59 Å². The van der Waals surface area contributed by atoms with Gasteiger partial charge in [-0.25, -0.2) is 0 Å². The van der Waals surface area contributed by atoms with Gasteiger partial charge in [-0.1, -0.05) is 26.3 Å². The van der Waals surface area contributed by atoms with Crippen LogP contribution in [0.15, 0.2) is 24.3 Å². The van der Waals surface area contributed by atoms with E-state index in [-0.39, 0.29) is 18.4 Å². The number of unbranched alkanes of at least 4 members (excludes halogenated alkanes) is 1. The average Bonchev–Trinajstić information content (AvgIpc) is 2.45. The fourth-order valence-corrected chi connectivity index (χ4v) is 1.66. The summed E-state index contributed by atoms with van der Waals surface area (Å²) in [6, 6.07) is 6.95. The van der Waals surface area contributed by atoms with Crippen LogP contribution in [0.25, 0.3) is 0 Å². The molecule has 20 heavy (non-hydrogen) atoms. The number of hydrogen-bond acceptors (Lipinski definition) is 3. The molecule has 0 bridgehead atoms. The highest BCUT2D eigenvalue weighted by atomic mass is 16.2. The first-order valence-electron chi connectivity index (χ1n) is 7.06. The van der Waals surface area contributed by atoms with Gasteiger partial charge in [-0.2, -0.15) is 0 Å². The molecule has 0 aliphatic rings. The van der Waals surface area contributed by atoms with E-state index in [0.29, 0.717) is 17.8 Å². The van der Waals surface area contributed by atoms with Crippen LogP contribution >= 0.6 is 0 Å². The lowest BCUT2D eigenvalue weighted by Crippen LogP contribution is -2.28. The molecule has 1 aromatic rings. The third-order valence-electron chi connectivity index (χ3n) is 2.76. The van der Waals surface area contributed by atoms with Crippen LogP contribution < -0.4 is 16.0 Å². The van der Waals surface area contributed by atoms with Crippen molar-refractivity contribution >= 4 is 17.5 Å². The molecule has 2 amide bonds. The first kappa shape index (κ1) is 16.2. The Morgan fingerprint density at radius 2 is 2.00 bits per heavy atom. The van der Waals surface area contributed by atoms with E-state index in [1.54, 1.807) is 24.3 Å². The van der Waals surface area contributed by atoms with E-state index < -0.39 is 0 Å². The van der Waals surface area contributed by atoms with Crippen LogP contribution in [-0.4, -0.2) is 31.4 Å². The Morgan fingerprint density at radius 1 is 1.20 bits per heavy atom. The van der Waals surface area contributed by atoms with Crippen molar-refractivity contribution < 1.29 is 9.59 Å². The minimum atomic E-state index is -0.115. The summed E-state index contributed by atoms with van der Waals surface area (Å²) in [6.45, 7) is 5.70. The molecule has 0 atom stereocenters. The predicted molar refractivity (Wildman–Crippen MR) is 80.9 cm³/mol. The molecule has 5 heteroatoms. The van der Waals surface area contributed by atoms with Crippen LogP contribution in [0.4, 0.5) is 5.69 Å². The quantitative estimate of drug-likeness (QED) is 0.634. The first-order valence-corrected chi connectivity index (χ1v) is 7.06. The molecule has 5 nitrogen and oxygen atoms in total. The summed E-state index contributed by atoms with van der Waals surface area (Å²) in [5.74, 6) is -0.225. The third kappa shape index (κ3) is 5.84. The summed E-state index contributed by atoms with van der Waals surface area (Å²) < 4.78 is 0. The van der Waals surface area contributed by atoms with Gasteiger partial charge in [0.15, 0.2) is 0 Å². The second kappa shape index (κ2) is 9.09. The molecule has 0 spiro atoms. The second-order valence-corrected chi connectivity index (χ2v) is 4.52. The number of nitrogens with one attached hydrogen (secondary N) is 3. The molecule has 0 aliphatic heterocycles. The molecule has 0 radical (unpaired) electrons. The monoisotopic (exact) mass is 277 g/mol. The number of amides is 2. The highest BCUT2D eigenvalue weighted by molar-refractivity contribution is 5.97. The number of hydrogen-bond donors (Lipinski definition) is 3. The molecule has 0 unspecified atom stereocenters. The van der Waals surface area contributed by atoms with E-state index in [1.807, 2.05) is 6.92 Å². The smallest absolute Gasteiger partial charge is 0.251 e. The van der Waals surface area contributed by atoms with Crippen molar-refractivity contribution in [1.82, 2.24) is 10.6 Å². The van der Waals surface area contributed by atoms with E-state index in [1.165, 1.54) is 0 Å². The van der Waals surface area contributed by atoms with E-state index in [9.17, 15) is 9.59 Å². The molecule has 0 aliphatic carbocycles. The lowest BCUT2D eigenvalue weighted by atomic mass is 10.2. The number of carbonyl (C=O) groups excluding carboxylic acids is 2. The third-order valence-corrected chi connectivity index (χ3v) is 2.76. The summed E-state index contributed by atoms with van der Waals surface area (Å²) in [5.41, 5.74) is 1.19. The van der Waals surface area contributed by atoms with Crippen molar-refractivity contribution in [3.8, 4) is 0 Å². The molecule has 0 fully saturated rings. The number of anilines is 1. The van der Waals surface area contributed by atoms with Crippen molar-refractivity contribution in [3.05, 3.63) is 29.8 Å². The van der Waals surface area contributed by atoms with Crippen LogP contribution in [0.1, 0.15) is 37.0 Å². The topological polar surface area (TPSA) is 70.2 Å². The Kier molecular flexibility index (Phi) is 7.35. The SMILES string of the molecule is CCCCNC(=O)c1cccc(NC(=O)CNCC)c1. The maximum Gasteiger partial charge on any atom is 0.251 e. The molecule has 1 aromatic carbocycles. The summed E-state index contributed by atoms with van der Waals surface area (Å²) in [7, 11) is 0. The van der Waals surface area contributed by atoms with Crippen molar-refractivity contribution in [2.24, 2.45) is 0 Å². The largest absolute Gasteiger partial charge is 0.352 e. The molecular weight excluding hydrogens is 254 g/mol. The van der Waals surface area contributed by atoms with Crippen LogP contribution in [0.3, 0.4) is 0 Å². The molecule has 0 heterocycles. The van der Waals surface area contributed by atoms with E-state index in [4.69, 9.17) is 0 Å². The summed E-state index contributed by atoms with van der Waals surface area (Å²) in [6.07, 6.45) is 2.01. The van der Waals surface area contributed by atoms with E-state index in [0.717, 1.165) is 19.4 Å². The second-order valence-electron chi connectivity index (χ2n) is 4.52. The lowest BCUT2D eigenvalue weighted by Gasteiger charge is -2.08. The van der Waals surface area contributed by atoms with Gasteiger partial charge in [0.1, 0.15) is 0 Å². The van der Waals surface area contributed by atoms with Gasteiger partial charge in [0.25, 0.3) is 5.91 Å². The fraction of sp³-hybridized carbons (Fsp3) is 0.467. The highest BCUT2D eigenvalue weighted by Gasteiger charge is 2.07. The van der Waals surface area contributed by atoms with Crippen LogP contribution in [0, 0.1) is 0 Å². The normalized spacial score (nSPS) is 10.1. The molecule has 110 valence electrons. The van der Waals surface area contributed by atoms with Crippen molar-refractivity contribution in [2.45, 2.75) is 26.7 Å². The Morgan fingerprint density at radius 3 is 2.70 bits per heavy atom. The Bertz CT molecular complexity index is 446. The summed E-state index contributed by atoms with van der Waals surface area (Å²) in [5, 5.41) is 8.56. The predicted octanol–water partition coefficient (Wildman–Crippen LogP) is 1.76.